The number of halogens is 5. The predicted octanol–water partition coefficient (Wildman–Crippen LogP) is 3.43. The van der Waals surface area contributed by atoms with Gasteiger partial charge in [0.05, 0.1) is 11.1 Å². The van der Waals surface area contributed by atoms with Gasteiger partial charge in [0.2, 0.25) is 0 Å². The molecule has 0 aliphatic heterocycles. The summed E-state index contributed by atoms with van der Waals surface area (Å²) in [7, 11) is 0. The molecule has 1 aromatic heterocycles. The molecule has 0 aliphatic carbocycles. The third kappa shape index (κ3) is 2.05. The highest BCUT2D eigenvalue weighted by molar-refractivity contribution is 5.94. The lowest BCUT2D eigenvalue weighted by Gasteiger charge is -2.17. The fourth-order valence-corrected chi connectivity index (χ4v) is 2.04. The van der Waals surface area contributed by atoms with Crippen LogP contribution in [0.1, 0.15) is 16.8 Å². The number of alkyl halides is 3. The zero-order valence-corrected chi connectivity index (χ0v) is 10.5. The van der Waals surface area contributed by atoms with Crippen LogP contribution in [0.4, 0.5) is 27.6 Å². The summed E-state index contributed by atoms with van der Waals surface area (Å²) in [6.45, 7) is 2.38. The number of nitrogens with two attached hydrogens (primary N) is 1. The van der Waals surface area contributed by atoms with Gasteiger partial charge in [0.15, 0.2) is 0 Å². The second-order valence-electron chi connectivity index (χ2n) is 4.32. The molecule has 0 atom stereocenters. The highest BCUT2D eigenvalue weighted by Crippen LogP contribution is 2.38. The number of anilines is 1. The Hall–Kier alpha value is -1.96. The van der Waals surface area contributed by atoms with Crippen LogP contribution in [0.15, 0.2) is 6.07 Å². The Bertz CT molecular complexity index is 694. The van der Waals surface area contributed by atoms with E-state index in [1.165, 1.54) is 6.92 Å². The van der Waals surface area contributed by atoms with Gasteiger partial charge in [-0.25, -0.2) is 13.8 Å². The summed E-state index contributed by atoms with van der Waals surface area (Å²) < 4.78 is 66.4. The predicted molar refractivity (Wildman–Crippen MR) is 63.9 cm³/mol. The van der Waals surface area contributed by atoms with Crippen molar-refractivity contribution < 1.29 is 22.0 Å². The van der Waals surface area contributed by atoms with Crippen molar-refractivity contribution in [1.29, 1.82) is 0 Å². The normalized spacial score (nSPS) is 12.0. The second kappa shape index (κ2) is 4.55. The van der Waals surface area contributed by atoms with Gasteiger partial charge in [-0.2, -0.15) is 13.2 Å². The molecule has 2 rings (SSSR count). The second-order valence-corrected chi connectivity index (χ2v) is 4.32. The summed E-state index contributed by atoms with van der Waals surface area (Å²) in [4.78, 5) is 3.22. The van der Waals surface area contributed by atoms with E-state index in [1.54, 1.807) is 0 Å². The van der Waals surface area contributed by atoms with E-state index in [1.807, 2.05) is 5.43 Å². The van der Waals surface area contributed by atoms with Gasteiger partial charge >= 0.3 is 6.18 Å². The topological polar surface area (TPSA) is 50.9 Å². The van der Waals surface area contributed by atoms with Gasteiger partial charge in [-0.15, -0.1) is 0 Å². The molecule has 0 saturated carbocycles. The van der Waals surface area contributed by atoms with E-state index < -0.39 is 40.0 Å². The van der Waals surface area contributed by atoms with Crippen LogP contribution in [0.2, 0.25) is 0 Å². The molecule has 0 unspecified atom stereocenters. The Morgan fingerprint density at radius 2 is 1.80 bits per heavy atom. The van der Waals surface area contributed by atoms with E-state index in [0.29, 0.717) is 0 Å². The molecule has 0 bridgehead atoms. The first-order valence-corrected chi connectivity index (χ1v) is 5.51. The first kappa shape index (κ1) is 14.4. The molecule has 0 radical (unpaired) electrons. The lowest BCUT2D eigenvalue weighted by Crippen LogP contribution is -2.17. The molecule has 3 nitrogen and oxygen atoms in total. The summed E-state index contributed by atoms with van der Waals surface area (Å²) in [5.41, 5.74) is -0.787. The van der Waals surface area contributed by atoms with Gasteiger partial charge in [-0.05, 0) is 25.5 Å². The average molecular weight is 291 g/mol. The SMILES string of the molecule is Cc1cc(F)c2nc(C(F)(F)F)c(C)c(NN)c2c1F. The minimum atomic E-state index is -4.79. The number of hydrogen-bond donors (Lipinski definition) is 2. The smallest absolute Gasteiger partial charge is 0.323 e. The number of nitrogens with zero attached hydrogens (tertiary/aromatic N) is 1. The summed E-state index contributed by atoms with van der Waals surface area (Å²) in [5.74, 6) is 3.26. The molecule has 2 aromatic rings. The van der Waals surface area contributed by atoms with E-state index in [-0.39, 0.29) is 11.3 Å². The van der Waals surface area contributed by atoms with Crippen molar-refractivity contribution in [3.63, 3.8) is 0 Å². The number of hydrazine groups is 1. The number of hydrogen-bond acceptors (Lipinski definition) is 3. The summed E-state index contributed by atoms with van der Waals surface area (Å²) in [6.07, 6.45) is -4.79. The van der Waals surface area contributed by atoms with E-state index in [4.69, 9.17) is 5.84 Å². The molecule has 0 spiro atoms. The Morgan fingerprint density at radius 1 is 1.20 bits per heavy atom. The monoisotopic (exact) mass is 291 g/mol. The molecule has 1 heterocycles. The van der Waals surface area contributed by atoms with E-state index in [0.717, 1.165) is 13.0 Å². The minimum Gasteiger partial charge on any atom is -0.323 e. The number of rotatable bonds is 1. The van der Waals surface area contributed by atoms with Gasteiger partial charge < -0.3 is 5.43 Å². The third-order valence-corrected chi connectivity index (χ3v) is 2.99. The quantitative estimate of drug-likeness (QED) is 0.481. The highest BCUT2D eigenvalue weighted by atomic mass is 19.4. The lowest BCUT2D eigenvalue weighted by molar-refractivity contribution is -0.141. The number of nitrogen functional groups attached to an aromatic ring is 1. The largest absolute Gasteiger partial charge is 0.433 e. The summed E-state index contributed by atoms with van der Waals surface area (Å²) in [6, 6.07) is 0.792. The standard InChI is InChI=1S/C12H10F5N3/c1-4-3-6(13)10-7(8(4)14)9(20-18)5(2)11(19-10)12(15,16)17/h3H,18H2,1-2H3,(H,19,20). The number of aryl methyl sites for hydroxylation is 1. The van der Waals surface area contributed by atoms with Crippen molar-refractivity contribution >= 4 is 16.6 Å². The molecule has 0 fully saturated rings. The zero-order valence-electron chi connectivity index (χ0n) is 10.5. The van der Waals surface area contributed by atoms with Gasteiger partial charge in [0, 0.05) is 5.56 Å². The van der Waals surface area contributed by atoms with Crippen molar-refractivity contribution in [2.24, 2.45) is 5.84 Å². The maximum Gasteiger partial charge on any atom is 0.433 e. The van der Waals surface area contributed by atoms with E-state index in [2.05, 4.69) is 4.98 Å². The van der Waals surface area contributed by atoms with Crippen LogP contribution in [0.3, 0.4) is 0 Å². The van der Waals surface area contributed by atoms with Crippen LogP contribution < -0.4 is 11.3 Å². The fourth-order valence-electron chi connectivity index (χ4n) is 2.04. The van der Waals surface area contributed by atoms with Crippen LogP contribution in [-0.4, -0.2) is 4.98 Å². The minimum absolute atomic E-state index is 0.0486. The van der Waals surface area contributed by atoms with Gasteiger partial charge in [0.1, 0.15) is 22.8 Å². The van der Waals surface area contributed by atoms with Gasteiger partial charge in [0.25, 0.3) is 0 Å². The van der Waals surface area contributed by atoms with Crippen LogP contribution >= 0.6 is 0 Å². The molecule has 108 valence electrons. The first-order valence-electron chi connectivity index (χ1n) is 5.51. The molecular weight excluding hydrogens is 281 g/mol. The fraction of sp³-hybridized carbons (Fsp3) is 0.250. The van der Waals surface area contributed by atoms with Crippen LogP contribution in [0.5, 0.6) is 0 Å². The highest BCUT2D eigenvalue weighted by Gasteiger charge is 2.37. The van der Waals surface area contributed by atoms with Crippen LogP contribution in [-0.2, 0) is 6.18 Å². The Kier molecular flexibility index (Phi) is 3.29. The Morgan fingerprint density at radius 3 is 2.30 bits per heavy atom. The molecule has 0 saturated heterocycles. The van der Waals surface area contributed by atoms with Gasteiger partial charge in [-0.1, -0.05) is 0 Å². The molecule has 8 heteroatoms. The van der Waals surface area contributed by atoms with Crippen LogP contribution in [0.25, 0.3) is 10.9 Å². The molecule has 3 N–H and O–H groups in total. The van der Waals surface area contributed by atoms with Crippen LogP contribution in [0, 0.1) is 25.5 Å². The zero-order chi connectivity index (χ0) is 15.2. The molecule has 0 aliphatic rings. The maximum atomic E-state index is 14.1. The van der Waals surface area contributed by atoms with Crippen molar-refractivity contribution in [2.75, 3.05) is 5.43 Å². The lowest BCUT2D eigenvalue weighted by atomic mass is 10.0. The third-order valence-electron chi connectivity index (χ3n) is 2.99. The van der Waals surface area contributed by atoms with Crippen molar-refractivity contribution in [3.8, 4) is 0 Å². The average Bonchev–Trinajstić information content (AvgIpc) is 2.33. The Labute approximate surface area is 110 Å². The molecular formula is C12H10F5N3. The van der Waals surface area contributed by atoms with Crippen molar-refractivity contribution in [2.45, 2.75) is 20.0 Å². The maximum absolute atomic E-state index is 14.1. The summed E-state index contributed by atoms with van der Waals surface area (Å²) in [5, 5.41) is -0.393. The molecule has 1 aromatic carbocycles. The van der Waals surface area contributed by atoms with E-state index in [9.17, 15) is 22.0 Å². The van der Waals surface area contributed by atoms with Crippen molar-refractivity contribution in [1.82, 2.24) is 4.98 Å². The molecule has 20 heavy (non-hydrogen) atoms. The number of pyridine rings is 1. The number of benzene rings is 1. The number of fused-ring (bicyclic) bond motifs is 1. The summed E-state index contributed by atoms with van der Waals surface area (Å²) >= 11 is 0. The first-order chi connectivity index (χ1) is 9.18. The number of aromatic nitrogens is 1. The Balaban J connectivity index is 3.04. The number of nitrogens with one attached hydrogen (secondary N) is 1. The van der Waals surface area contributed by atoms with Gasteiger partial charge in [-0.3, -0.25) is 5.84 Å². The van der Waals surface area contributed by atoms with E-state index >= 15 is 0 Å². The van der Waals surface area contributed by atoms with Crippen molar-refractivity contribution in [3.05, 3.63) is 34.5 Å². The molecule has 0 amide bonds.